The van der Waals surface area contributed by atoms with Crippen molar-refractivity contribution in [2.45, 2.75) is 13.0 Å². The van der Waals surface area contributed by atoms with Crippen LogP contribution in [0.15, 0.2) is 30.3 Å². The van der Waals surface area contributed by atoms with Gasteiger partial charge in [-0.1, -0.05) is 30.3 Å². The van der Waals surface area contributed by atoms with Crippen LogP contribution < -0.4 is 10.6 Å². The molecule has 0 spiro atoms. The second-order valence-corrected chi connectivity index (χ2v) is 4.08. The molecule has 0 saturated heterocycles. The van der Waals surface area contributed by atoms with Crippen molar-refractivity contribution in [3.8, 4) is 0 Å². The zero-order valence-electron chi connectivity index (χ0n) is 8.92. The summed E-state index contributed by atoms with van der Waals surface area (Å²) >= 11 is 0. The monoisotopic (exact) mass is 208 g/mol. The van der Waals surface area contributed by atoms with Crippen LogP contribution in [-0.2, 0) is 6.54 Å². The Morgan fingerprint density at radius 3 is 2.43 bits per heavy atom. The number of hydrogen-bond donors (Lipinski definition) is 2. The molecule has 78 valence electrons. The third-order valence-electron chi connectivity index (χ3n) is 2.13. The summed E-state index contributed by atoms with van der Waals surface area (Å²) in [6.07, 6.45) is 2.42. The first-order valence-electron chi connectivity index (χ1n) is 5.39. The fourth-order valence-corrected chi connectivity index (χ4v) is 1.70. The highest BCUT2D eigenvalue weighted by Gasteiger charge is 1.90. The van der Waals surface area contributed by atoms with Crippen LogP contribution in [0, 0.1) is 0 Å². The van der Waals surface area contributed by atoms with E-state index < -0.39 is 0 Å². The van der Waals surface area contributed by atoms with Crippen LogP contribution in [0.3, 0.4) is 0 Å². The molecule has 14 heavy (non-hydrogen) atoms. The molecule has 0 fully saturated rings. The third-order valence-corrected chi connectivity index (χ3v) is 2.63. The largest absolute Gasteiger partial charge is 0.320 e. The molecule has 1 rings (SSSR count). The quantitative estimate of drug-likeness (QED) is 0.490. The maximum atomic E-state index is 3.43. The summed E-state index contributed by atoms with van der Waals surface area (Å²) in [6.45, 7) is 3.23. The van der Waals surface area contributed by atoms with Gasteiger partial charge >= 0.3 is 0 Å². The maximum absolute atomic E-state index is 3.43. The van der Waals surface area contributed by atoms with E-state index in [4.69, 9.17) is 0 Å². The summed E-state index contributed by atoms with van der Waals surface area (Å²) in [5.74, 6) is 0. The summed E-state index contributed by atoms with van der Waals surface area (Å²) in [5.41, 5.74) is 1.36. The Morgan fingerprint density at radius 1 is 1.00 bits per heavy atom. The normalized spacial score (nSPS) is 10.6. The van der Waals surface area contributed by atoms with Crippen LogP contribution in [-0.4, -0.2) is 29.5 Å². The van der Waals surface area contributed by atoms with Crippen molar-refractivity contribution >= 4 is 10.2 Å². The van der Waals surface area contributed by atoms with Gasteiger partial charge in [0.15, 0.2) is 0 Å². The Morgan fingerprint density at radius 2 is 1.71 bits per heavy atom. The van der Waals surface area contributed by atoms with Gasteiger partial charge in [-0.25, -0.2) is 0 Å². The predicted molar refractivity (Wildman–Crippen MR) is 65.6 cm³/mol. The zero-order chi connectivity index (χ0) is 10.1. The second kappa shape index (κ2) is 7.73. The molecular formula is C11H20N2Si. The smallest absolute Gasteiger partial charge is 0.0205 e. The van der Waals surface area contributed by atoms with Gasteiger partial charge in [0.2, 0.25) is 0 Å². The molecule has 0 aliphatic carbocycles. The van der Waals surface area contributed by atoms with Crippen molar-refractivity contribution in [1.29, 1.82) is 0 Å². The number of nitrogens with one attached hydrogen (secondary N) is 2. The Labute approximate surface area is 89.5 Å². The minimum Gasteiger partial charge on any atom is -0.320 e. The van der Waals surface area contributed by atoms with E-state index in [1.54, 1.807) is 0 Å². The minimum absolute atomic E-state index is 0.988. The zero-order valence-corrected chi connectivity index (χ0v) is 10.9. The molecule has 0 atom stereocenters. The Kier molecular flexibility index (Phi) is 6.31. The molecule has 1 aromatic rings. The summed E-state index contributed by atoms with van der Waals surface area (Å²) < 4.78 is 0. The van der Waals surface area contributed by atoms with E-state index in [-0.39, 0.29) is 0 Å². The summed E-state index contributed by atoms with van der Waals surface area (Å²) in [6, 6.07) is 10.5. The Hall–Kier alpha value is -0.643. The summed E-state index contributed by atoms with van der Waals surface area (Å²) in [7, 11) is 1.26. The molecule has 0 aliphatic rings. The second-order valence-electron chi connectivity index (χ2n) is 3.37. The topological polar surface area (TPSA) is 24.1 Å². The first kappa shape index (κ1) is 11.4. The van der Waals surface area contributed by atoms with Gasteiger partial charge in [0.25, 0.3) is 0 Å². The van der Waals surface area contributed by atoms with E-state index >= 15 is 0 Å². The summed E-state index contributed by atoms with van der Waals surface area (Å²) in [4.78, 5) is 0. The van der Waals surface area contributed by atoms with Gasteiger partial charge in [0.1, 0.15) is 0 Å². The molecule has 0 saturated carbocycles. The van der Waals surface area contributed by atoms with Gasteiger partial charge in [0.05, 0.1) is 0 Å². The molecule has 2 nitrogen and oxygen atoms in total. The van der Waals surface area contributed by atoms with Gasteiger partial charge < -0.3 is 10.6 Å². The average molecular weight is 208 g/mol. The van der Waals surface area contributed by atoms with Crippen molar-refractivity contribution in [1.82, 2.24) is 10.6 Å². The number of benzene rings is 1. The number of hydrogen-bond acceptors (Lipinski definition) is 2. The van der Waals surface area contributed by atoms with E-state index in [0.29, 0.717) is 0 Å². The van der Waals surface area contributed by atoms with Gasteiger partial charge in [-0.3, -0.25) is 0 Å². The van der Waals surface area contributed by atoms with Crippen LogP contribution in [0.5, 0.6) is 0 Å². The van der Waals surface area contributed by atoms with Crippen molar-refractivity contribution < 1.29 is 0 Å². The lowest BCUT2D eigenvalue weighted by atomic mass is 10.2. The maximum Gasteiger partial charge on any atom is 0.0205 e. The number of rotatable bonds is 7. The first-order chi connectivity index (χ1) is 6.93. The summed E-state index contributed by atoms with van der Waals surface area (Å²) in [5, 5.41) is 6.80. The molecule has 2 N–H and O–H groups in total. The van der Waals surface area contributed by atoms with Crippen LogP contribution >= 0.6 is 0 Å². The highest BCUT2D eigenvalue weighted by Crippen LogP contribution is 1.96. The van der Waals surface area contributed by atoms with Crippen LogP contribution in [0.2, 0.25) is 0 Å². The van der Waals surface area contributed by atoms with E-state index in [2.05, 4.69) is 41.0 Å². The molecule has 1 aromatic carbocycles. The van der Waals surface area contributed by atoms with Crippen molar-refractivity contribution in [2.75, 3.05) is 19.3 Å². The minimum atomic E-state index is 0.988. The first-order valence-corrected chi connectivity index (χ1v) is 6.80. The van der Waals surface area contributed by atoms with E-state index in [0.717, 1.165) is 19.6 Å². The van der Waals surface area contributed by atoms with Gasteiger partial charge in [-0.15, -0.1) is 0 Å². The SMILES string of the molecule is [SiH3]CNCCCNCc1ccccc1. The van der Waals surface area contributed by atoms with E-state index in [9.17, 15) is 0 Å². The van der Waals surface area contributed by atoms with Gasteiger partial charge in [0, 0.05) is 16.8 Å². The van der Waals surface area contributed by atoms with Crippen LogP contribution in [0.25, 0.3) is 0 Å². The van der Waals surface area contributed by atoms with Crippen molar-refractivity contribution in [2.24, 2.45) is 0 Å². The molecule has 0 radical (unpaired) electrons. The molecule has 0 amide bonds. The molecule has 0 aliphatic heterocycles. The molecule has 0 aromatic heterocycles. The van der Waals surface area contributed by atoms with Crippen LogP contribution in [0.4, 0.5) is 0 Å². The lowest BCUT2D eigenvalue weighted by Gasteiger charge is -2.04. The third kappa shape index (κ3) is 5.17. The lowest BCUT2D eigenvalue weighted by molar-refractivity contribution is 0.620. The molecule has 0 heterocycles. The lowest BCUT2D eigenvalue weighted by Crippen LogP contribution is -2.22. The van der Waals surface area contributed by atoms with Crippen molar-refractivity contribution in [3.05, 3.63) is 35.9 Å². The Bertz CT molecular complexity index is 226. The van der Waals surface area contributed by atoms with E-state index in [1.165, 1.54) is 28.4 Å². The highest BCUT2D eigenvalue weighted by molar-refractivity contribution is 6.08. The van der Waals surface area contributed by atoms with Gasteiger partial charge in [-0.2, -0.15) is 0 Å². The van der Waals surface area contributed by atoms with Gasteiger partial charge in [-0.05, 0) is 31.2 Å². The molecule has 0 unspecified atom stereocenters. The molecular weight excluding hydrogens is 188 g/mol. The standard InChI is InChI=1S/C11H20N2Si/c14-10-13-8-4-7-12-9-11-5-2-1-3-6-11/h1-3,5-6,12-13H,4,7-10H2,14H3. The molecule has 3 heteroatoms. The fraction of sp³-hybridized carbons (Fsp3) is 0.455. The van der Waals surface area contributed by atoms with E-state index in [1.807, 2.05) is 0 Å². The van der Waals surface area contributed by atoms with Crippen LogP contribution in [0.1, 0.15) is 12.0 Å². The predicted octanol–water partition coefficient (Wildman–Crippen LogP) is 0.0788. The Balaban J connectivity index is 1.99. The van der Waals surface area contributed by atoms with Crippen molar-refractivity contribution in [3.63, 3.8) is 0 Å². The fourth-order valence-electron chi connectivity index (χ4n) is 1.34. The average Bonchev–Trinajstić information content (AvgIpc) is 2.25. The highest BCUT2D eigenvalue weighted by atomic mass is 28.1. The molecule has 0 bridgehead atoms.